The van der Waals surface area contributed by atoms with Crippen LogP contribution >= 0.6 is 11.5 Å². The van der Waals surface area contributed by atoms with E-state index in [0.717, 1.165) is 12.1 Å². The molecule has 0 spiro atoms. The topological polar surface area (TPSA) is 62.2 Å². The zero-order chi connectivity index (χ0) is 18.3. The van der Waals surface area contributed by atoms with Gasteiger partial charge in [-0.15, -0.1) is 0 Å². The molecule has 2 rings (SSSR count). The van der Waals surface area contributed by atoms with Gasteiger partial charge in [0.25, 0.3) is 5.91 Å². The molecule has 0 fully saturated rings. The summed E-state index contributed by atoms with van der Waals surface area (Å²) < 4.78 is 92.2. The first-order chi connectivity index (χ1) is 10.9. The van der Waals surface area contributed by atoms with Crippen LogP contribution in [0.3, 0.4) is 0 Å². The van der Waals surface area contributed by atoms with Gasteiger partial charge in [0.1, 0.15) is 22.1 Å². The fourth-order valence-corrected chi connectivity index (χ4v) is 2.51. The van der Waals surface area contributed by atoms with Crippen molar-refractivity contribution in [2.75, 3.05) is 5.32 Å². The van der Waals surface area contributed by atoms with E-state index in [-0.39, 0.29) is 11.5 Å². The number of aromatic hydroxyl groups is 1. The smallest absolute Gasteiger partial charge is 0.435 e. The van der Waals surface area contributed by atoms with Crippen molar-refractivity contribution in [2.24, 2.45) is 0 Å². The summed E-state index contributed by atoms with van der Waals surface area (Å²) in [6.07, 6.45) is -10.8. The number of halogens is 7. The lowest BCUT2D eigenvalue weighted by molar-refractivity contribution is -0.163. The van der Waals surface area contributed by atoms with E-state index in [9.17, 15) is 40.6 Å². The zero-order valence-electron chi connectivity index (χ0n) is 11.1. The average Bonchev–Trinajstić information content (AvgIpc) is 2.85. The second kappa shape index (κ2) is 5.92. The van der Waals surface area contributed by atoms with Crippen LogP contribution in [0.25, 0.3) is 0 Å². The molecule has 2 aromatic rings. The molecule has 0 saturated heterocycles. The van der Waals surface area contributed by atoms with E-state index in [1.807, 2.05) is 0 Å². The number of rotatable bonds is 2. The third kappa shape index (κ3) is 3.58. The molecule has 1 heterocycles. The molecule has 12 heteroatoms. The quantitative estimate of drug-likeness (QED) is 0.772. The van der Waals surface area contributed by atoms with E-state index in [4.69, 9.17) is 0 Å². The van der Waals surface area contributed by atoms with Gasteiger partial charge in [0.15, 0.2) is 5.69 Å². The Kier molecular flexibility index (Phi) is 4.44. The molecule has 0 saturated carbocycles. The Morgan fingerprint density at radius 1 is 1.12 bits per heavy atom. The van der Waals surface area contributed by atoms with Gasteiger partial charge in [0.05, 0.1) is 5.56 Å². The molecule has 0 bridgehead atoms. The average molecular weight is 374 g/mol. The van der Waals surface area contributed by atoms with Crippen LogP contribution in [-0.4, -0.2) is 15.4 Å². The molecule has 2 N–H and O–H groups in total. The second-order valence-electron chi connectivity index (χ2n) is 4.35. The van der Waals surface area contributed by atoms with Gasteiger partial charge >= 0.3 is 12.4 Å². The number of phenolic OH excluding ortho intramolecular Hbond substituents is 1. The predicted octanol–water partition coefficient (Wildman–Crippen LogP) is 4.28. The number of benzene rings is 1. The molecule has 1 aromatic heterocycles. The number of aromatic nitrogens is 1. The summed E-state index contributed by atoms with van der Waals surface area (Å²) in [5.74, 6) is -3.16. The number of anilines is 1. The summed E-state index contributed by atoms with van der Waals surface area (Å²) in [5, 5.41) is 9.75. The lowest BCUT2D eigenvalue weighted by atomic mass is 10.1. The molecule has 1 aromatic carbocycles. The number of carbonyl (C=O) groups excluding carboxylic acids is 1. The molecule has 0 atom stereocenters. The largest absolute Gasteiger partial charge is 0.507 e. The normalized spacial score (nSPS) is 12.3. The Bertz CT molecular complexity index is 783. The fourth-order valence-electron chi connectivity index (χ4n) is 1.69. The second-order valence-corrected chi connectivity index (χ2v) is 5.12. The van der Waals surface area contributed by atoms with Crippen molar-refractivity contribution in [1.29, 1.82) is 0 Å². The van der Waals surface area contributed by atoms with Crippen molar-refractivity contribution in [2.45, 2.75) is 12.4 Å². The van der Waals surface area contributed by atoms with Crippen molar-refractivity contribution in [1.82, 2.24) is 4.37 Å². The van der Waals surface area contributed by atoms with Gasteiger partial charge in [-0.25, -0.2) is 4.39 Å². The van der Waals surface area contributed by atoms with E-state index in [1.165, 1.54) is 0 Å². The number of nitrogens with one attached hydrogen (secondary N) is 1. The van der Waals surface area contributed by atoms with E-state index in [2.05, 4.69) is 4.37 Å². The first kappa shape index (κ1) is 18.0. The van der Waals surface area contributed by atoms with Crippen LogP contribution < -0.4 is 5.32 Å². The fraction of sp³-hybridized carbons (Fsp3) is 0.167. The molecule has 0 aliphatic heterocycles. The van der Waals surface area contributed by atoms with Crippen LogP contribution in [0.2, 0.25) is 0 Å². The van der Waals surface area contributed by atoms with Crippen LogP contribution in [0.1, 0.15) is 21.6 Å². The number of hydrogen-bond acceptors (Lipinski definition) is 4. The SMILES string of the molecule is O=C(Nc1snc(C(F)(F)F)c1C(F)(F)F)c1cc(F)ccc1O. The van der Waals surface area contributed by atoms with Crippen LogP contribution in [0.15, 0.2) is 18.2 Å². The van der Waals surface area contributed by atoms with Crippen molar-refractivity contribution >= 4 is 22.4 Å². The minimum absolute atomic E-state index is 0.234. The van der Waals surface area contributed by atoms with Gasteiger partial charge in [-0.2, -0.15) is 30.7 Å². The number of nitrogens with zero attached hydrogens (tertiary/aromatic N) is 1. The number of carbonyl (C=O) groups is 1. The highest BCUT2D eigenvalue weighted by Crippen LogP contribution is 2.45. The summed E-state index contributed by atoms with van der Waals surface area (Å²) >= 11 is -0.234. The number of amides is 1. The van der Waals surface area contributed by atoms with Crippen LogP contribution in [0.4, 0.5) is 35.7 Å². The maximum absolute atomic E-state index is 13.0. The van der Waals surface area contributed by atoms with Crippen LogP contribution in [0, 0.1) is 5.82 Å². The van der Waals surface area contributed by atoms with E-state index >= 15 is 0 Å². The van der Waals surface area contributed by atoms with Crippen molar-refractivity contribution in [3.63, 3.8) is 0 Å². The van der Waals surface area contributed by atoms with E-state index < -0.39 is 51.6 Å². The monoisotopic (exact) mass is 374 g/mol. The Labute approximate surface area is 132 Å². The molecule has 4 nitrogen and oxygen atoms in total. The maximum Gasteiger partial charge on any atom is 0.435 e. The van der Waals surface area contributed by atoms with Gasteiger partial charge in [-0.05, 0) is 29.7 Å². The molecule has 0 unspecified atom stereocenters. The molecule has 1 amide bonds. The number of alkyl halides is 6. The lowest BCUT2D eigenvalue weighted by Gasteiger charge is -2.12. The highest BCUT2D eigenvalue weighted by Gasteiger charge is 2.48. The van der Waals surface area contributed by atoms with Gasteiger partial charge in [-0.1, -0.05) is 0 Å². The summed E-state index contributed by atoms with van der Waals surface area (Å²) in [4.78, 5) is 11.8. The predicted molar refractivity (Wildman–Crippen MR) is 68.1 cm³/mol. The van der Waals surface area contributed by atoms with Crippen LogP contribution in [0.5, 0.6) is 5.75 Å². The maximum atomic E-state index is 13.0. The summed E-state index contributed by atoms with van der Waals surface area (Å²) in [7, 11) is 0. The first-order valence-electron chi connectivity index (χ1n) is 5.85. The van der Waals surface area contributed by atoms with Crippen LogP contribution in [-0.2, 0) is 12.4 Å². The van der Waals surface area contributed by atoms with Crippen molar-refractivity contribution < 1.29 is 40.6 Å². The standard InChI is InChI=1S/C12H5F7N2O2S/c13-4-1-2-6(22)5(3-4)9(23)20-10-7(11(14,15)16)8(21-24-10)12(17,18)19/h1-3,22H,(H,20,23). The molecular weight excluding hydrogens is 369 g/mol. The molecule has 0 radical (unpaired) electrons. The molecule has 0 aliphatic rings. The van der Waals surface area contributed by atoms with Crippen molar-refractivity contribution in [3.05, 3.63) is 40.8 Å². The molecule has 24 heavy (non-hydrogen) atoms. The van der Waals surface area contributed by atoms with E-state index in [0.29, 0.717) is 6.07 Å². The Morgan fingerprint density at radius 2 is 1.75 bits per heavy atom. The Hall–Kier alpha value is -2.37. The van der Waals surface area contributed by atoms with Crippen molar-refractivity contribution in [3.8, 4) is 5.75 Å². The van der Waals surface area contributed by atoms with Gasteiger partial charge in [0.2, 0.25) is 0 Å². The molecule has 130 valence electrons. The van der Waals surface area contributed by atoms with Gasteiger partial charge < -0.3 is 10.4 Å². The third-order valence-electron chi connectivity index (χ3n) is 2.67. The highest BCUT2D eigenvalue weighted by atomic mass is 32.1. The minimum atomic E-state index is -5.44. The molecular formula is C12H5F7N2O2S. The summed E-state index contributed by atoms with van der Waals surface area (Å²) in [6.45, 7) is 0. The third-order valence-corrected chi connectivity index (χ3v) is 3.44. The van der Waals surface area contributed by atoms with Gasteiger partial charge in [-0.3, -0.25) is 4.79 Å². The highest BCUT2D eigenvalue weighted by molar-refractivity contribution is 7.10. The Balaban J connectivity index is 2.45. The first-order valence-corrected chi connectivity index (χ1v) is 6.62. The lowest BCUT2D eigenvalue weighted by Crippen LogP contribution is -2.19. The summed E-state index contributed by atoms with van der Waals surface area (Å²) in [6, 6.07) is 2.06. The number of phenols is 1. The molecule has 0 aliphatic carbocycles. The Morgan fingerprint density at radius 3 is 2.29 bits per heavy atom. The van der Waals surface area contributed by atoms with Gasteiger partial charge in [0, 0.05) is 0 Å². The summed E-state index contributed by atoms with van der Waals surface area (Å²) in [5.41, 5.74) is -5.10. The zero-order valence-corrected chi connectivity index (χ0v) is 11.9. The van der Waals surface area contributed by atoms with E-state index in [1.54, 1.807) is 5.32 Å². The minimum Gasteiger partial charge on any atom is -0.507 e. The number of hydrogen-bond donors (Lipinski definition) is 2.